The topological polar surface area (TPSA) is 38.5 Å². The number of ether oxygens (including phenoxy) is 1. The number of likely N-dealkylation sites (tertiary alicyclic amines) is 1. The smallest absolute Gasteiger partial charge is 0.406 e. The summed E-state index contributed by atoms with van der Waals surface area (Å²) in [6, 6.07) is 6.25. The van der Waals surface area contributed by atoms with Crippen molar-refractivity contribution in [3.05, 3.63) is 29.8 Å². The quantitative estimate of drug-likeness (QED) is 0.926. The highest BCUT2D eigenvalue weighted by atomic mass is 19.4. The molecule has 20 heavy (non-hydrogen) atoms. The lowest BCUT2D eigenvalue weighted by Gasteiger charge is -2.25. The molecule has 1 fully saturated rings. The molecule has 1 aromatic carbocycles. The van der Waals surface area contributed by atoms with Crippen LogP contribution in [0.1, 0.15) is 24.9 Å². The second-order valence-corrected chi connectivity index (χ2v) is 5.18. The van der Waals surface area contributed by atoms with E-state index in [4.69, 9.17) is 5.73 Å². The molecule has 0 amide bonds. The van der Waals surface area contributed by atoms with Gasteiger partial charge in [0.05, 0.1) is 0 Å². The molecule has 2 unspecified atom stereocenters. The van der Waals surface area contributed by atoms with Crippen molar-refractivity contribution in [3.63, 3.8) is 0 Å². The fraction of sp³-hybridized carbons (Fsp3) is 0.571. The van der Waals surface area contributed by atoms with Gasteiger partial charge in [-0.1, -0.05) is 12.1 Å². The predicted octanol–water partition coefficient (Wildman–Crippen LogP) is 2.93. The molecule has 2 rings (SSSR count). The van der Waals surface area contributed by atoms with E-state index in [-0.39, 0.29) is 11.8 Å². The molecule has 1 saturated heterocycles. The molecule has 2 atom stereocenters. The average Bonchev–Trinajstić information content (AvgIpc) is 2.85. The second kappa shape index (κ2) is 6.01. The molecule has 0 radical (unpaired) electrons. The Labute approximate surface area is 116 Å². The van der Waals surface area contributed by atoms with E-state index in [1.807, 2.05) is 0 Å². The van der Waals surface area contributed by atoms with Crippen molar-refractivity contribution in [2.24, 2.45) is 11.7 Å². The Hall–Kier alpha value is -1.27. The van der Waals surface area contributed by atoms with Crippen molar-refractivity contribution in [3.8, 4) is 5.75 Å². The first-order valence-corrected chi connectivity index (χ1v) is 6.69. The second-order valence-electron chi connectivity index (χ2n) is 5.18. The van der Waals surface area contributed by atoms with Gasteiger partial charge in [-0.15, -0.1) is 13.2 Å². The Bertz CT molecular complexity index is 433. The summed E-state index contributed by atoms with van der Waals surface area (Å²) in [4.78, 5) is 2.30. The van der Waals surface area contributed by atoms with E-state index in [0.717, 1.165) is 25.1 Å². The maximum absolute atomic E-state index is 12.1. The summed E-state index contributed by atoms with van der Waals surface area (Å²) >= 11 is 0. The van der Waals surface area contributed by atoms with Crippen molar-refractivity contribution < 1.29 is 17.9 Å². The van der Waals surface area contributed by atoms with Gasteiger partial charge in [0.15, 0.2) is 0 Å². The van der Waals surface area contributed by atoms with Crippen LogP contribution in [-0.2, 0) is 0 Å². The van der Waals surface area contributed by atoms with Gasteiger partial charge >= 0.3 is 6.36 Å². The maximum atomic E-state index is 12.1. The molecule has 2 N–H and O–H groups in total. The Morgan fingerprint density at radius 2 is 2.00 bits per heavy atom. The van der Waals surface area contributed by atoms with E-state index in [2.05, 4.69) is 16.6 Å². The zero-order chi connectivity index (χ0) is 14.8. The van der Waals surface area contributed by atoms with Crippen LogP contribution in [0.25, 0.3) is 0 Å². The maximum Gasteiger partial charge on any atom is 0.573 e. The Balaban J connectivity index is 1.99. The predicted molar refractivity (Wildman–Crippen MR) is 70.3 cm³/mol. The summed E-state index contributed by atoms with van der Waals surface area (Å²) in [6.45, 7) is 4.66. The first kappa shape index (κ1) is 15.1. The summed E-state index contributed by atoms with van der Waals surface area (Å²) in [5.41, 5.74) is 6.65. The van der Waals surface area contributed by atoms with Crippen molar-refractivity contribution in [1.29, 1.82) is 0 Å². The van der Waals surface area contributed by atoms with Crippen LogP contribution in [0.4, 0.5) is 13.2 Å². The number of nitrogens with zero attached hydrogens (tertiary/aromatic N) is 1. The summed E-state index contributed by atoms with van der Waals surface area (Å²) in [5, 5.41) is 0. The van der Waals surface area contributed by atoms with E-state index in [1.54, 1.807) is 12.1 Å². The molecule has 1 aliphatic heterocycles. The number of nitrogens with two attached hydrogens (primary N) is 1. The highest BCUT2D eigenvalue weighted by molar-refractivity contribution is 5.29. The standard InChI is InChI=1S/C14H19F3N2O/c1-10(19-7-6-11(8-18)9-19)12-2-4-13(5-3-12)20-14(15,16)17/h2-5,10-11H,6-9,18H2,1H3. The monoisotopic (exact) mass is 288 g/mol. The molecule has 1 aromatic rings. The van der Waals surface area contributed by atoms with Gasteiger partial charge in [-0.25, -0.2) is 0 Å². The van der Waals surface area contributed by atoms with Gasteiger partial charge in [0, 0.05) is 12.6 Å². The van der Waals surface area contributed by atoms with Crippen molar-refractivity contribution in [1.82, 2.24) is 4.90 Å². The molecule has 0 bridgehead atoms. The van der Waals surface area contributed by atoms with Crippen LogP contribution in [0.15, 0.2) is 24.3 Å². The van der Waals surface area contributed by atoms with E-state index >= 15 is 0 Å². The fourth-order valence-electron chi connectivity index (χ4n) is 2.57. The minimum absolute atomic E-state index is 0.173. The van der Waals surface area contributed by atoms with Crippen molar-refractivity contribution in [2.75, 3.05) is 19.6 Å². The van der Waals surface area contributed by atoms with Gasteiger partial charge in [-0.05, 0) is 50.0 Å². The molecule has 1 aliphatic rings. The van der Waals surface area contributed by atoms with Crippen LogP contribution in [-0.4, -0.2) is 30.9 Å². The third-order valence-corrected chi connectivity index (χ3v) is 3.79. The van der Waals surface area contributed by atoms with Gasteiger partial charge in [-0.3, -0.25) is 4.90 Å². The van der Waals surface area contributed by atoms with E-state index in [1.165, 1.54) is 12.1 Å². The van der Waals surface area contributed by atoms with Crippen LogP contribution < -0.4 is 10.5 Å². The molecule has 6 heteroatoms. The zero-order valence-corrected chi connectivity index (χ0v) is 11.4. The minimum Gasteiger partial charge on any atom is -0.406 e. The fourth-order valence-corrected chi connectivity index (χ4v) is 2.57. The number of benzene rings is 1. The molecular formula is C14H19F3N2O. The Morgan fingerprint density at radius 3 is 2.50 bits per heavy atom. The third kappa shape index (κ3) is 3.86. The first-order chi connectivity index (χ1) is 9.39. The molecule has 0 spiro atoms. The van der Waals surface area contributed by atoms with Gasteiger partial charge in [0.1, 0.15) is 5.75 Å². The number of rotatable bonds is 4. The molecule has 112 valence electrons. The lowest BCUT2D eigenvalue weighted by atomic mass is 10.1. The summed E-state index contributed by atoms with van der Waals surface area (Å²) < 4.78 is 40.1. The third-order valence-electron chi connectivity index (χ3n) is 3.79. The zero-order valence-electron chi connectivity index (χ0n) is 11.4. The first-order valence-electron chi connectivity index (χ1n) is 6.69. The average molecular weight is 288 g/mol. The highest BCUT2D eigenvalue weighted by Gasteiger charge is 2.31. The number of alkyl halides is 3. The molecule has 0 saturated carbocycles. The van der Waals surface area contributed by atoms with Crippen LogP contribution >= 0.6 is 0 Å². The van der Waals surface area contributed by atoms with Crippen LogP contribution in [0.3, 0.4) is 0 Å². The SMILES string of the molecule is CC(c1ccc(OC(F)(F)F)cc1)N1CCC(CN)C1. The lowest BCUT2D eigenvalue weighted by molar-refractivity contribution is -0.274. The van der Waals surface area contributed by atoms with E-state index in [9.17, 15) is 13.2 Å². The summed E-state index contributed by atoms with van der Waals surface area (Å²) in [6.07, 6.45) is -3.56. The minimum atomic E-state index is -4.64. The van der Waals surface area contributed by atoms with Gasteiger partial charge in [0.2, 0.25) is 0 Å². The molecular weight excluding hydrogens is 269 g/mol. The summed E-state index contributed by atoms with van der Waals surface area (Å²) in [5.74, 6) is 0.333. The molecule has 1 heterocycles. The highest BCUT2D eigenvalue weighted by Crippen LogP contribution is 2.29. The van der Waals surface area contributed by atoms with E-state index in [0.29, 0.717) is 12.5 Å². The van der Waals surface area contributed by atoms with Crippen LogP contribution in [0.2, 0.25) is 0 Å². The molecule has 0 aromatic heterocycles. The van der Waals surface area contributed by atoms with Crippen molar-refractivity contribution >= 4 is 0 Å². The summed E-state index contributed by atoms with van der Waals surface area (Å²) in [7, 11) is 0. The largest absolute Gasteiger partial charge is 0.573 e. The van der Waals surface area contributed by atoms with Crippen LogP contribution in [0, 0.1) is 5.92 Å². The van der Waals surface area contributed by atoms with Gasteiger partial charge in [0.25, 0.3) is 0 Å². The van der Waals surface area contributed by atoms with Gasteiger partial charge in [-0.2, -0.15) is 0 Å². The molecule has 3 nitrogen and oxygen atoms in total. The van der Waals surface area contributed by atoms with Crippen LogP contribution in [0.5, 0.6) is 5.75 Å². The Kier molecular flexibility index (Phi) is 4.55. The Morgan fingerprint density at radius 1 is 1.35 bits per heavy atom. The normalized spacial score (nSPS) is 21.9. The number of hydrogen-bond acceptors (Lipinski definition) is 3. The van der Waals surface area contributed by atoms with Crippen molar-refractivity contribution in [2.45, 2.75) is 25.7 Å². The van der Waals surface area contributed by atoms with Gasteiger partial charge < -0.3 is 10.5 Å². The van der Waals surface area contributed by atoms with E-state index < -0.39 is 6.36 Å². The number of hydrogen-bond donors (Lipinski definition) is 1. The molecule has 0 aliphatic carbocycles. The number of halogens is 3. The lowest BCUT2D eigenvalue weighted by Crippen LogP contribution is -2.26.